The Morgan fingerprint density at radius 2 is 2.24 bits per heavy atom. The molecule has 112 valence electrons. The molecule has 1 amide bonds. The van der Waals surface area contributed by atoms with E-state index in [9.17, 15) is 9.59 Å². The van der Waals surface area contributed by atoms with E-state index in [2.05, 4.69) is 15.5 Å². The standard InChI is InChI=1S/C12H14ClN5O3/c1-2-18-10(8(13)5-15-18)6-14-11(19)7-17-4-3-9(16-17)12(20)21/h3-5H,2,6-7H2,1H3,(H,14,19)(H,20,21). The van der Waals surface area contributed by atoms with Crippen LogP contribution in [0.4, 0.5) is 0 Å². The third-order valence-corrected chi connectivity index (χ3v) is 3.13. The van der Waals surface area contributed by atoms with Crippen LogP contribution < -0.4 is 5.32 Å². The minimum absolute atomic E-state index is 0.0643. The number of hydrogen-bond donors (Lipinski definition) is 2. The van der Waals surface area contributed by atoms with E-state index in [0.29, 0.717) is 11.6 Å². The molecule has 0 fully saturated rings. The predicted molar refractivity (Wildman–Crippen MR) is 73.9 cm³/mol. The van der Waals surface area contributed by atoms with Gasteiger partial charge in [-0.25, -0.2) is 4.79 Å². The molecule has 21 heavy (non-hydrogen) atoms. The van der Waals surface area contributed by atoms with Gasteiger partial charge in [-0.2, -0.15) is 10.2 Å². The minimum atomic E-state index is -1.13. The molecule has 0 saturated heterocycles. The molecule has 2 rings (SSSR count). The van der Waals surface area contributed by atoms with Crippen molar-refractivity contribution < 1.29 is 14.7 Å². The number of nitrogens with zero attached hydrogens (tertiary/aromatic N) is 4. The van der Waals surface area contributed by atoms with Gasteiger partial charge in [0.1, 0.15) is 6.54 Å². The van der Waals surface area contributed by atoms with E-state index in [4.69, 9.17) is 16.7 Å². The number of aromatic carboxylic acids is 1. The summed E-state index contributed by atoms with van der Waals surface area (Å²) >= 11 is 5.99. The highest BCUT2D eigenvalue weighted by atomic mass is 35.5. The molecule has 0 radical (unpaired) electrons. The first-order valence-electron chi connectivity index (χ1n) is 6.25. The molecule has 0 atom stereocenters. The van der Waals surface area contributed by atoms with Gasteiger partial charge in [0.2, 0.25) is 5.91 Å². The molecular weight excluding hydrogens is 298 g/mol. The summed E-state index contributed by atoms with van der Waals surface area (Å²) in [5, 5.41) is 19.8. The highest BCUT2D eigenvalue weighted by molar-refractivity contribution is 6.31. The number of amides is 1. The van der Waals surface area contributed by atoms with Crippen molar-refractivity contribution in [3.8, 4) is 0 Å². The third-order valence-electron chi connectivity index (χ3n) is 2.82. The van der Waals surface area contributed by atoms with Crippen LogP contribution in [-0.2, 0) is 24.4 Å². The number of rotatable bonds is 6. The largest absolute Gasteiger partial charge is 0.476 e. The Bertz CT molecular complexity index is 664. The lowest BCUT2D eigenvalue weighted by atomic mass is 10.4. The van der Waals surface area contributed by atoms with Crippen LogP contribution in [0.15, 0.2) is 18.5 Å². The van der Waals surface area contributed by atoms with Gasteiger partial charge < -0.3 is 10.4 Å². The minimum Gasteiger partial charge on any atom is -0.476 e. The summed E-state index contributed by atoms with van der Waals surface area (Å²) in [4.78, 5) is 22.5. The molecule has 0 aliphatic carbocycles. The van der Waals surface area contributed by atoms with E-state index in [1.54, 1.807) is 4.68 Å². The van der Waals surface area contributed by atoms with E-state index < -0.39 is 5.97 Å². The molecule has 0 aliphatic heterocycles. The zero-order valence-electron chi connectivity index (χ0n) is 11.3. The molecule has 0 aromatic carbocycles. The first-order chi connectivity index (χ1) is 10.0. The fourth-order valence-corrected chi connectivity index (χ4v) is 1.99. The topological polar surface area (TPSA) is 102 Å². The molecule has 0 saturated carbocycles. The van der Waals surface area contributed by atoms with Crippen LogP contribution in [0.25, 0.3) is 0 Å². The number of carboxylic acid groups (broad SMARTS) is 1. The lowest BCUT2D eigenvalue weighted by Gasteiger charge is -2.08. The summed E-state index contributed by atoms with van der Waals surface area (Å²) in [6, 6.07) is 1.33. The van der Waals surface area contributed by atoms with Crippen molar-refractivity contribution in [1.82, 2.24) is 24.9 Å². The summed E-state index contributed by atoms with van der Waals surface area (Å²) in [6.45, 7) is 2.76. The number of hydrogen-bond acceptors (Lipinski definition) is 4. The smallest absolute Gasteiger partial charge is 0.356 e. The van der Waals surface area contributed by atoms with E-state index in [0.717, 1.165) is 5.69 Å². The number of carbonyl (C=O) groups is 2. The van der Waals surface area contributed by atoms with Gasteiger partial charge in [0, 0.05) is 12.7 Å². The summed E-state index contributed by atoms with van der Waals surface area (Å²) in [5.41, 5.74) is 0.620. The number of carbonyl (C=O) groups excluding carboxylic acids is 1. The van der Waals surface area contributed by atoms with Gasteiger partial charge in [-0.15, -0.1) is 0 Å². The van der Waals surface area contributed by atoms with Crippen molar-refractivity contribution in [2.75, 3.05) is 0 Å². The second kappa shape index (κ2) is 6.40. The van der Waals surface area contributed by atoms with Gasteiger partial charge in [0.15, 0.2) is 5.69 Å². The molecule has 8 nitrogen and oxygen atoms in total. The van der Waals surface area contributed by atoms with Crippen LogP contribution in [0.3, 0.4) is 0 Å². The van der Waals surface area contributed by atoms with Gasteiger partial charge in [0.05, 0.1) is 23.5 Å². The molecule has 9 heteroatoms. The van der Waals surface area contributed by atoms with E-state index in [-0.39, 0.29) is 24.7 Å². The number of aryl methyl sites for hydroxylation is 1. The van der Waals surface area contributed by atoms with Crippen molar-refractivity contribution >= 4 is 23.5 Å². The lowest BCUT2D eigenvalue weighted by molar-refractivity contribution is -0.122. The van der Waals surface area contributed by atoms with Crippen molar-refractivity contribution in [3.63, 3.8) is 0 Å². The molecule has 2 aromatic rings. The second-order valence-corrected chi connectivity index (χ2v) is 4.64. The molecular formula is C12H14ClN5O3. The van der Waals surface area contributed by atoms with Gasteiger partial charge >= 0.3 is 5.97 Å². The molecule has 0 bridgehead atoms. The highest BCUT2D eigenvalue weighted by Crippen LogP contribution is 2.14. The maximum absolute atomic E-state index is 11.8. The van der Waals surface area contributed by atoms with Gasteiger partial charge in [-0.1, -0.05) is 11.6 Å². The second-order valence-electron chi connectivity index (χ2n) is 4.24. The summed E-state index contributed by atoms with van der Waals surface area (Å²) in [5.74, 6) is -1.43. The van der Waals surface area contributed by atoms with Gasteiger partial charge in [-0.05, 0) is 13.0 Å². The Morgan fingerprint density at radius 1 is 1.48 bits per heavy atom. The summed E-state index contributed by atoms with van der Waals surface area (Å²) < 4.78 is 2.95. The molecule has 0 aliphatic rings. The molecule has 2 heterocycles. The molecule has 2 N–H and O–H groups in total. The number of aromatic nitrogens is 4. The van der Waals surface area contributed by atoms with Crippen molar-refractivity contribution in [3.05, 3.63) is 34.9 Å². The Morgan fingerprint density at radius 3 is 2.86 bits per heavy atom. The first kappa shape index (κ1) is 15.0. The van der Waals surface area contributed by atoms with Crippen LogP contribution in [0.5, 0.6) is 0 Å². The maximum atomic E-state index is 11.8. The molecule has 0 unspecified atom stereocenters. The average molecular weight is 312 g/mol. The molecule has 2 aromatic heterocycles. The number of nitrogens with one attached hydrogen (secondary N) is 1. The van der Waals surface area contributed by atoms with E-state index in [1.807, 2.05) is 6.92 Å². The van der Waals surface area contributed by atoms with Crippen LogP contribution in [0.1, 0.15) is 23.1 Å². The van der Waals surface area contributed by atoms with Crippen LogP contribution in [0.2, 0.25) is 5.02 Å². The zero-order chi connectivity index (χ0) is 15.4. The Labute approximate surface area is 125 Å². The number of halogens is 1. The Balaban J connectivity index is 1.92. The van der Waals surface area contributed by atoms with Gasteiger partial charge in [0.25, 0.3) is 0 Å². The summed E-state index contributed by atoms with van der Waals surface area (Å²) in [6.07, 6.45) is 2.96. The normalized spacial score (nSPS) is 10.6. The maximum Gasteiger partial charge on any atom is 0.356 e. The predicted octanol–water partition coefficient (Wildman–Crippen LogP) is 0.768. The monoisotopic (exact) mass is 311 g/mol. The van der Waals surface area contributed by atoms with Crippen LogP contribution in [0, 0.1) is 0 Å². The SMILES string of the molecule is CCn1ncc(Cl)c1CNC(=O)Cn1ccc(C(=O)O)n1. The van der Waals surface area contributed by atoms with E-state index >= 15 is 0 Å². The number of carboxylic acids is 1. The van der Waals surface area contributed by atoms with Crippen molar-refractivity contribution in [2.45, 2.75) is 26.6 Å². The fraction of sp³-hybridized carbons (Fsp3) is 0.333. The lowest BCUT2D eigenvalue weighted by Crippen LogP contribution is -2.28. The van der Waals surface area contributed by atoms with Crippen molar-refractivity contribution in [1.29, 1.82) is 0 Å². The quantitative estimate of drug-likeness (QED) is 0.820. The van der Waals surface area contributed by atoms with Crippen LogP contribution in [-0.4, -0.2) is 36.5 Å². The van der Waals surface area contributed by atoms with E-state index in [1.165, 1.54) is 23.1 Å². The Hall–Kier alpha value is -2.35. The zero-order valence-corrected chi connectivity index (χ0v) is 12.0. The average Bonchev–Trinajstić information content (AvgIpc) is 3.03. The van der Waals surface area contributed by atoms with Crippen molar-refractivity contribution in [2.24, 2.45) is 0 Å². The fourth-order valence-electron chi connectivity index (χ4n) is 1.79. The highest BCUT2D eigenvalue weighted by Gasteiger charge is 2.11. The van der Waals surface area contributed by atoms with Crippen LogP contribution >= 0.6 is 11.6 Å². The third kappa shape index (κ3) is 3.60. The van der Waals surface area contributed by atoms with Gasteiger partial charge in [-0.3, -0.25) is 14.2 Å². The first-order valence-corrected chi connectivity index (χ1v) is 6.62. The Kier molecular flexibility index (Phi) is 4.59. The molecule has 0 spiro atoms. The summed E-state index contributed by atoms with van der Waals surface area (Å²) in [7, 11) is 0.